The van der Waals surface area contributed by atoms with E-state index >= 15 is 0 Å². The Bertz CT molecular complexity index is 519. The van der Waals surface area contributed by atoms with Gasteiger partial charge in [0.15, 0.2) is 0 Å². The third kappa shape index (κ3) is 3.13. The number of hydrogen-bond donors (Lipinski definition) is 2. The number of anilines is 2. The second kappa shape index (κ2) is 6.11. The molecule has 1 aromatic rings. The first kappa shape index (κ1) is 15.3. The molecule has 0 radical (unpaired) electrons. The van der Waals surface area contributed by atoms with Crippen molar-refractivity contribution in [2.24, 2.45) is 5.73 Å². The van der Waals surface area contributed by atoms with E-state index in [1.807, 2.05) is 33.0 Å². The highest BCUT2D eigenvalue weighted by Gasteiger charge is 2.28. The zero-order chi connectivity index (χ0) is 14.9. The van der Waals surface area contributed by atoms with Gasteiger partial charge in [-0.2, -0.15) is 0 Å². The summed E-state index contributed by atoms with van der Waals surface area (Å²) < 4.78 is 6.48. The molecule has 6 heteroatoms. The molecule has 5 nitrogen and oxygen atoms in total. The van der Waals surface area contributed by atoms with Crippen LogP contribution in [0.5, 0.6) is 0 Å². The van der Waals surface area contributed by atoms with E-state index in [-0.39, 0.29) is 12.0 Å². The summed E-state index contributed by atoms with van der Waals surface area (Å²) in [6.07, 6.45) is 0.226. The van der Waals surface area contributed by atoms with Crippen molar-refractivity contribution in [3.63, 3.8) is 0 Å². The molecule has 0 bridgehead atoms. The topological polar surface area (TPSA) is 67.6 Å². The predicted octanol–water partition coefficient (Wildman–Crippen LogP) is 2.26. The van der Waals surface area contributed by atoms with Gasteiger partial charge < -0.3 is 20.7 Å². The molecule has 110 valence electrons. The normalized spacial score (nSPS) is 17.3. The van der Waals surface area contributed by atoms with Crippen molar-refractivity contribution in [2.45, 2.75) is 26.0 Å². The fourth-order valence-corrected chi connectivity index (χ4v) is 2.80. The number of hydrogen-bond acceptors (Lipinski definition) is 4. The Kier molecular flexibility index (Phi) is 4.67. The first-order chi connectivity index (χ1) is 9.40. The number of fused-ring (bicyclic) bond motifs is 1. The van der Waals surface area contributed by atoms with Crippen molar-refractivity contribution < 1.29 is 9.53 Å². The predicted molar refractivity (Wildman–Crippen MR) is 84.1 cm³/mol. The van der Waals surface area contributed by atoms with E-state index in [4.69, 9.17) is 10.5 Å². The number of carbonyl (C=O) groups excluding carboxylic acids is 1. The van der Waals surface area contributed by atoms with E-state index in [9.17, 15) is 4.79 Å². The number of carbonyl (C=O) groups is 1. The minimum atomic E-state index is -0.579. The molecule has 20 heavy (non-hydrogen) atoms. The zero-order valence-electron chi connectivity index (χ0n) is 11.9. The molecule has 0 fully saturated rings. The second-order valence-electron chi connectivity index (χ2n) is 5.20. The lowest BCUT2D eigenvalue weighted by Crippen LogP contribution is -2.24. The number of benzene rings is 1. The highest BCUT2D eigenvalue weighted by atomic mass is 79.9. The first-order valence-corrected chi connectivity index (χ1v) is 7.42. The van der Waals surface area contributed by atoms with E-state index in [1.165, 1.54) is 0 Å². The average Bonchev–Trinajstić information content (AvgIpc) is 2.64. The molecule has 2 rings (SSSR count). The molecular formula is C14H20BrN3O2. The zero-order valence-corrected chi connectivity index (χ0v) is 13.5. The lowest BCUT2D eigenvalue weighted by Gasteiger charge is -2.22. The Hall–Kier alpha value is -1.11. The maximum Gasteiger partial charge on any atom is 0.245 e. The van der Waals surface area contributed by atoms with E-state index in [0.717, 1.165) is 28.0 Å². The van der Waals surface area contributed by atoms with Crippen LogP contribution < -0.4 is 16.0 Å². The van der Waals surface area contributed by atoms with Gasteiger partial charge in [0.2, 0.25) is 5.91 Å². The van der Waals surface area contributed by atoms with Crippen molar-refractivity contribution in [3.05, 3.63) is 22.2 Å². The van der Waals surface area contributed by atoms with Crippen LogP contribution in [0.1, 0.15) is 25.5 Å². The highest BCUT2D eigenvalue weighted by molar-refractivity contribution is 9.10. The van der Waals surface area contributed by atoms with Crippen molar-refractivity contribution in [1.82, 2.24) is 0 Å². The van der Waals surface area contributed by atoms with Crippen LogP contribution in [-0.4, -0.2) is 32.2 Å². The van der Waals surface area contributed by atoms with Gasteiger partial charge in [0.25, 0.3) is 0 Å². The van der Waals surface area contributed by atoms with Crippen molar-refractivity contribution in [2.75, 3.05) is 30.4 Å². The first-order valence-electron chi connectivity index (χ1n) is 6.62. The standard InChI is InChI=1S/C14H20BrN3O2/c1-8(2)20-5-4-18(3)12-7-11-9(6-10(12)15)13(16)14(19)17-11/h6-8,13H,4-5,16H2,1-3H3,(H,17,19). The fraction of sp³-hybridized carbons (Fsp3) is 0.500. The number of ether oxygens (including phenoxy) is 1. The lowest BCUT2D eigenvalue weighted by molar-refractivity contribution is -0.116. The molecule has 0 aliphatic carbocycles. The molecule has 1 unspecified atom stereocenters. The smallest absolute Gasteiger partial charge is 0.245 e. The molecule has 0 saturated heterocycles. The third-order valence-corrected chi connectivity index (χ3v) is 3.92. The molecule has 1 aliphatic rings. The molecule has 1 amide bonds. The van der Waals surface area contributed by atoms with Gasteiger partial charge in [0, 0.05) is 29.3 Å². The molecule has 1 aliphatic heterocycles. The van der Waals surface area contributed by atoms with Gasteiger partial charge in [-0.3, -0.25) is 4.79 Å². The summed E-state index contributed by atoms with van der Waals surface area (Å²) >= 11 is 3.54. The Morgan fingerprint density at radius 2 is 2.20 bits per heavy atom. The highest BCUT2D eigenvalue weighted by Crippen LogP contribution is 2.37. The van der Waals surface area contributed by atoms with Gasteiger partial charge in [-0.25, -0.2) is 0 Å². The van der Waals surface area contributed by atoms with Crippen LogP contribution in [0.25, 0.3) is 0 Å². The Morgan fingerprint density at radius 3 is 2.85 bits per heavy atom. The van der Waals surface area contributed by atoms with Gasteiger partial charge >= 0.3 is 0 Å². The minimum Gasteiger partial charge on any atom is -0.377 e. The second-order valence-corrected chi connectivity index (χ2v) is 6.05. The monoisotopic (exact) mass is 341 g/mol. The van der Waals surface area contributed by atoms with E-state index in [0.29, 0.717) is 6.61 Å². The summed E-state index contributed by atoms with van der Waals surface area (Å²) in [7, 11) is 1.99. The maximum atomic E-state index is 11.6. The average molecular weight is 342 g/mol. The Labute approximate surface area is 127 Å². The van der Waals surface area contributed by atoms with Crippen LogP contribution in [0.4, 0.5) is 11.4 Å². The number of nitrogens with zero attached hydrogens (tertiary/aromatic N) is 1. The third-order valence-electron chi connectivity index (χ3n) is 3.28. The van der Waals surface area contributed by atoms with Crippen LogP contribution in [-0.2, 0) is 9.53 Å². The van der Waals surface area contributed by atoms with Gasteiger partial charge in [-0.15, -0.1) is 0 Å². The minimum absolute atomic E-state index is 0.158. The number of amides is 1. The van der Waals surface area contributed by atoms with Gasteiger partial charge in [0.05, 0.1) is 18.4 Å². The van der Waals surface area contributed by atoms with Crippen LogP contribution in [0.2, 0.25) is 0 Å². The number of nitrogens with one attached hydrogen (secondary N) is 1. The van der Waals surface area contributed by atoms with Crippen LogP contribution in [0.3, 0.4) is 0 Å². The summed E-state index contributed by atoms with van der Waals surface area (Å²) in [6, 6.07) is 3.27. The Balaban J connectivity index is 2.13. The molecule has 1 heterocycles. The summed E-state index contributed by atoms with van der Waals surface area (Å²) in [5.74, 6) is -0.158. The van der Waals surface area contributed by atoms with E-state index < -0.39 is 6.04 Å². The number of nitrogens with two attached hydrogens (primary N) is 1. The van der Waals surface area contributed by atoms with Crippen LogP contribution in [0, 0.1) is 0 Å². The number of likely N-dealkylation sites (N-methyl/N-ethyl adjacent to an activating group) is 1. The summed E-state index contributed by atoms with van der Waals surface area (Å²) in [5.41, 5.74) is 8.46. The summed E-state index contributed by atoms with van der Waals surface area (Å²) in [6.45, 7) is 5.46. The Morgan fingerprint density at radius 1 is 1.50 bits per heavy atom. The maximum absolute atomic E-state index is 11.6. The number of rotatable bonds is 5. The summed E-state index contributed by atoms with van der Waals surface area (Å²) in [5, 5.41) is 2.80. The van der Waals surface area contributed by atoms with Gasteiger partial charge in [-0.05, 0) is 41.9 Å². The largest absolute Gasteiger partial charge is 0.377 e. The summed E-state index contributed by atoms with van der Waals surface area (Å²) in [4.78, 5) is 13.7. The quantitative estimate of drug-likeness (QED) is 0.861. The van der Waals surface area contributed by atoms with E-state index in [1.54, 1.807) is 0 Å². The van der Waals surface area contributed by atoms with E-state index in [2.05, 4.69) is 26.1 Å². The molecule has 0 spiro atoms. The SMILES string of the molecule is CC(C)OCCN(C)c1cc2c(cc1Br)C(N)C(=O)N2. The van der Waals surface area contributed by atoms with Gasteiger partial charge in [0.1, 0.15) is 6.04 Å². The number of halogens is 1. The molecule has 1 aromatic carbocycles. The fourth-order valence-electron chi connectivity index (χ4n) is 2.13. The molecular weight excluding hydrogens is 322 g/mol. The van der Waals surface area contributed by atoms with Crippen LogP contribution >= 0.6 is 15.9 Å². The lowest BCUT2D eigenvalue weighted by atomic mass is 10.1. The van der Waals surface area contributed by atoms with Crippen molar-refractivity contribution >= 4 is 33.2 Å². The van der Waals surface area contributed by atoms with Crippen molar-refractivity contribution in [1.29, 1.82) is 0 Å². The molecule has 3 N–H and O–H groups in total. The van der Waals surface area contributed by atoms with Gasteiger partial charge in [-0.1, -0.05) is 0 Å². The molecule has 1 atom stereocenters. The molecule has 0 aromatic heterocycles. The molecule has 0 saturated carbocycles. The van der Waals surface area contributed by atoms with Crippen molar-refractivity contribution in [3.8, 4) is 0 Å². The van der Waals surface area contributed by atoms with Crippen LogP contribution in [0.15, 0.2) is 16.6 Å².